The topological polar surface area (TPSA) is 108 Å². The summed E-state index contributed by atoms with van der Waals surface area (Å²) >= 11 is 5.26. The predicted octanol–water partition coefficient (Wildman–Crippen LogP) is 2.79. The van der Waals surface area contributed by atoms with Gasteiger partial charge in [0.15, 0.2) is 10.6 Å². The molecule has 4 rings (SSSR count). The molecule has 0 atom stereocenters. The second-order valence-electron chi connectivity index (χ2n) is 6.94. The SMILES string of the molecule is Cc1cccc(-c2n[nH]c(=S)n2CC(=O)NNC(=O)Cc2c[nH]c3ccccc23)c1. The second kappa shape index (κ2) is 8.34. The average Bonchev–Trinajstić information content (AvgIpc) is 3.30. The van der Waals surface area contributed by atoms with E-state index in [-0.39, 0.29) is 18.9 Å². The number of H-pyrrole nitrogens is 2. The zero-order valence-electron chi connectivity index (χ0n) is 16.2. The number of carbonyl (C=O) groups excluding carboxylic acids is 2. The summed E-state index contributed by atoms with van der Waals surface area (Å²) < 4.78 is 1.91. The lowest BCUT2D eigenvalue weighted by molar-refractivity contribution is -0.128. The van der Waals surface area contributed by atoms with E-state index in [1.807, 2.05) is 55.5 Å². The predicted molar refractivity (Wildman–Crippen MR) is 116 cm³/mol. The summed E-state index contributed by atoms with van der Waals surface area (Å²) in [5.41, 5.74) is 8.63. The average molecular weight is 420 g/mol. The smallest absolute Gasteiger partial charge is 0.258 e. The number of carbonyl (C=O) groups is 2. The molecule has 8 nitrogen and oxygen atoms in total. The number of nitrogens with one attached hydrogen (secondary N) is 4. The lowest BCUT2D eigenvalue weighted by Gasteiger charge is -2.09. The van der Waals surface area contributed by atoms with Crippen molar-refractivity contribution >= 4 is 34.9 Å². The molecule has 0 bridgehead atoms. The van der Waals surface area contributed by atoms with Crippen molar-refractivity contribution in [2.75, 3.05) is 0 Å². The molecule has 0 radical (unpaired) electrons. The molecule has 2 amide bonds. The Morgan fingerprint density at radius 1 is 1.10 bits per heavy atom. The number of rotatable bonds is 5. The normalized spacial score (nSPS) is 10.8. The van der Waals surface area contributed by atoms with Crippen LogP contribution >= 0.6 is 12.2 Å². The maximum atomic E-state index is 12.4. The van der Waals surface area contributed by atoms with Crippen molar-refractivity contribution < 1.29 is 9.59 Å². The fourth-order valence-electron chi connectivity index (χ4n) is 3.29. The Morgan fingerprint density at radius 3 is 2.73 bits per heavy atom. The van der Waals surface area contributed by atoms with Gasteiger partial charge in [0, 0.05) is 22.7 Å². The van der Waals surface area contributed by atoms with Gasteiger partial charge in [-0.15, -0.1) is 0 Å². The highest BCUT2D eigenvalue weighted by Gasteiger charge is 2.14. The lowest BCUT2D eigenvalue weighted by Crippen LogP contribution is -2.43. The van der Waals surface area contributed by atoms with Gasteiger partial charge in [-0.2, -0.15) is 5.10 Å². The summed E-state index contributed by atoms with van der Waals surface area (Å²) in [4.78, 5) is 27.8. The van der Waals surface area contributed by atoms with E-state index in [1.54, 1.807) is 10.8 Å². The molecule has 30 heavy (non-hydrogen) atoms. The minimum Gasteiger partial charge on any atom is -0.361 e. The van der Waals surface area contributed by atoms with Crippen LogP contribution < -0.4 is 10.9 Å². The van der Waals surface area contributed by atoms with Crippen LogP contribution in [0, 0.1) is 11.7 Å². The number of aromatic amines is 2. The van der Waals surface area contributed by atoms with Gasteiger partial charge in [-0.05, 0) is 36.8 Å². The molecule has 9 heteroatoms. The molecule has 2 aromatic carbocycles. The van der Waals surface area contributed by atoms with Gasteiger partial charge >= 0.3 is 0 Å². The third-order valence-electron chi connectivity index (χ3n) is 4.70. The lowest BCUT2D eigenvalue weighted by atomic mass is 10.1. The maximum absolute atomic E-state index is 12.4. The first-order chi connectivity index (χ1) is 14.5. The fourth-order valence-corrected chi connectivity index (χ4v) is 3.48. The monoisotopic (exact) mass is 420 g/mol. The van der Waals surface area contributed by atoms with Gasteiger partial charge < -0.3 is 4.98 Å². The number of amides is 2. The van der Waals surface area contributed by atoms with Crippen LogP contribution in [0.15, 0.2) is 54.7 Å². The Morgan fingerprint density at radius 2 is 1.90 bits per heavy atom. The molecule has 0 unspecified atom stereocenters. The number of hydrogen-bond donors (Lipinski definition) is 4. The number of para-hydroxylation sites is 1. The van der Waals surface area contributed by atoms with Gasteiger partial charge in [-0.25, -0.2) is 0 Å². The zero-order chi connectivity index (χ0) is 21.1. The van der Waals surface area contributed by atoms with Gasteiger partial charge in [0.25, 0.3) is 5.91 Å². The Kier molecular flexibility index (Phi) is 5.44. The highest BCUT2D eigenvalue weighted by Crippen LogP contribution is 2.19. The van der Waals surface area contributed by atoms with E-state index >= 15 is 0 Å². The molecule has 4 aromatic rings. The first-order valence-electron chi connectivity index (χ1n) is 9.36. The first-order valence-corrected chi connectivity index (χ1v) is 9.77. The minimum absolute atomic E-state index is 0.0774. The Balaban J connectivity index is 1.39. The van der Waals surface area contributed by atoms with Gasteiger partial charge in [0.1, 0.15) is 6.54 Å². The van der Waals surface area contributed by atoms with Crippen LogP contribution in [0.5, 0.6) is 0 Å². The molecule has 2 heterocycles. The number of aromatic nitrogens is 4. The van der Waals surface area contributed by atoms with Crippen LogP contribution in [0.4, 0.5) is 0 Å². The largest absolute Gasteiger partial charge is 0.361 e. The third-order valence-corrected chi connectivity index (χ3v) is 5.02. The molecule has 0 aliphatic carbocycles. The Labute approximate surface area is 177 Å². The molecule has 0 aliphatic rings. The molecule has 4 N–H and O–H groups in total. The zero-order valence-corrected chi connectivity index (χ0v) is 17.0. The van der Waals surface area contributed by atoms with Crippen molar-refractivity contribution in [3.63, 3.8) is 0 Å². The van der Waals surface area contributed by atoms with Crippen molar-refractivity contribution in [2.24, 2.45) is 0 Å². The third kappa shape index (κ3) is 4.15. The van der Waals surface area contributed by atoms with Crippen LogP contribution in [0.3, 0.4) is 0 Å². The van der Waals surface area contributed by atoms with E-state index in [1.165, 1.54) is 0 Å². The molecular formula is C21H20N6O2S. The van der Waals surface area contributed by atoms with Crippen molar-refractivity contribution in [2.45, 2.75) is 19.9 Å². The Bertz CT molecular complexity index is 1290. The number of benzene rings is 2. The summed E-state index contributed by atoms with van der Waals surface area (Å²) in [6.45, 7) is 1.90. The number of nitrogens with zero attached hydrogens (tertiary/aromatic N) is 2. The van der Waals surface area contributed by atoms with Crippen LogP contribution in [0.25, 0.3) is 22.3 Å². The summed E-state index contributed by atoms with van der Waals surface area (Å²) in [5, 5.41) is 7.92. The first kappa shape index (κ1) is 19.6. The summed E-state index contributed by atoms with van der Waals surface area (Å²) in [5.74, 6) is -0.166. The molecule has 0 spiro atoms. The van der Waals surface area contributed by atoms with Crippen molar-refractivity contribution in [3.05, 3.63) is 70.6 Å². The number of aryl methyl sites for hydroxylation is 1. The number of hydrazine groups is 1. The molecule has 0 saturated heterocycles. The van der Waals surface area contributed by atoms with E-state index < -0.39 is 5.91 Å². The van der Waals surface area contributed by atoms with Crippen molar-refractivity contribution in [1.82, 2.24) is 30.6 Å². The molecular weight excluding hydrogens is 400 g/mol. The van der Waals surface area contributed by atoms with Crippen LogP contribution in [-0.2, 0) is 22.6 Å². The van der Waals surface area contributed by atoms with E-state index in [0.717, 1.165) is 27.6 Å². The molecule has 152 valence electrons. The number of fused-ring (bicyclic) bond motifs is 1. The van der Waals surface area contributed by atoms with Gasteiger partial charge in [-0.1, -0.05) is 42.0 Å². The summed E-state index contributed by atoms with van der Waals surface area (Å²) in [6, 6.07) is 15.5. The Hall–Kier alpha value is -3.72. The van der Waals surface area contributed by atoms with E-state index in [0.29, 0.717) is 10.6 Å². The highest BCUT2D eigenvalue weighted by molar-refractivity contribution is 7.71. The van der Waals surface area contributed by atoms with Gasteiger partial charge in [0.2, 0.25) is 5.91 Å². The van der Waals surface area contributed by atoms with E-state index in [9.17, 15) is 9.59 Å². The standard InChI is InChI=1S/C21H20N6O2S/c1-13-5-4-6-14(9-13)20-25-26-21(30)27(20)12-19(29)24-23-18(28)10-15-11-22-17-8-3-2-7-16(15)17/h2-9,11,22H,10,12H2,1H3,(H,23,28)(H,24,29)(H,26,30). The molecule has 2 aromatic heterocycles. The second-order valence-corrected chi connectivity index (χ2v) is 7.33. The summed E-state index contributed by atoms with van der Waals surface area (Å²) in [7, 11) is 0. The fraction of sp³-hybridized carbons (Fsp3) is 0.143. The van der Waals surface area contributed by atoms with Gasteiger partial charge in [0.05, 0.1) is 6.42 Å². The number of hydrogen-bond acceptors (Lipinski definition) is 4. The molecule has 0 fully saturated rings. The van der Waals surface area contributed by atoms with Gasteiger partial charge in [-0.3, -0.25) is 30.1 Å². The van der Waals surface area contributed by atoms with Crippen LogP contribution in [0.2, 0.25) is 0 Å². The molecule has 0 aliphatic heterocycles. The maximum Gasteiger partial charge on any atom is 0.258 e. The summed E-state index contributed by atoms with van der Waals surface area (Å²) in [6.07, 6.45) is 1.94. The van der Waals surface area contributed by atoms with E-state index in [2.05, 4.69) is 26.0 Å². The highest BCUT2D eigenvalue weighted by atomic mass is 32.1. The molecule has 0 saturated carbocycles. The van der Waals surface area contributed by atoms with Crippen LogP contribution in [0.1, 0.15) is 11.1 Å². The van der Waals surface area contributed by atoms with Crippen molar-refractivity contribution in [3.8, 4) is 11.4 Å². The quantitative estimate of drug-likeness (QED) is 0.294. The van der Waals surface area contributed by atoms with E-state index in [4.69, 9.17) is 12.2 Å². The minimum atomic E-state index is -0.409. The van der Waals surface area contributed by atoms with Crippen molar-refractivity contribution in [1.29, 1.82) is 0 Å². The van der Waals surface area contributed by atoms with Crippen LogP contribution in [-0.4, -0.2) is 31.6 Å².